The number of rotatable bonds is 4. The Morgan fingerprint density at radius 1 is 1.47 bits per heavy atom. The van der Waals surface area contributed by atoms with Crippen molar-refractivity contribution in [2.75, 3.05) is 0 Å². The minimum atomic E-state index is -0.527. The molecule has 0 aliphatic carbocycles. The van der Waals surface area contributed by atoms with E-state index in [1.807, 2.05) is 37.8 Å². The first-order valence-electron chi connectivity index (χ1n) is 5.80. The van der Waals surface area contributed by atoms with Crippen LogP contribution in [0.1, 0.15) is 30.0 Å². The number of hydrogen-bond donors (Lipinski definition) is 1. The molecule has 1 atom stereocenters. The number of aryl methyl sites for hydroxylation is 3. The second kappa shape index (κ2) is 4.71. The van der Waals surface area contributed by atoms with Gasteiger partial charge in [-0.1, -0.05) is 0 Å². The molecule has 0 bridgehead atoms. The summed E-state index contributed by atoms with van der Waals surface area (Å²) in [4.78, 5) is 0. The summed E-state index contributed by atoms with van der Waals surface area (Å²) in [5, 5.41) is 18.6. The van der Waals surface area contributed by atoms with E-state index in [1.165, 1.54) is 0 Å². The lowest BCUT2D eigenvalue weighted by Gasteiger charge is -2.10. The van der Waals surface area contributed by atoms with E-state index < -0.39 is 6.10 Å². The van der Waals surface area contributed by atoms with Crippen LogP contribution < -0.4 is 0 Å². The highest BCUT2D eigenvalue weighted by atomic mass is 16.3. The van der Waals surface area contributed by atoms with E-state index in [4.69, 9.17) is 0 Å². The molecule has 0 fully saturated rings. The van der Waals surface area contributed by atoms with Crippen molar-refractivity contribution < 1.29 is 5.11 Å². The number of aliphatic hydroxyl groups is 1. The molecule has 0 amide bonds. The molecule has 5 nitrogen and oxygen atoms in total. The SMILES string of the molecule is CCn1nc(C)cc1C(O)Cc1cnn(C)c1. The maximum absolute atomic E-state index is 10.2. The third-order valence-corrected chi connectivity index (χ3v) is 2.76. The smallest absolute Gasteiger partial charge is 0.0998 e. The van der Waals surface area contributed by atoms with Gasteiger partial charge in [-0.3, -0.25) is 9.36 Å². The number of nitrogens with zero attached hydrogens (tertiary/aromatic N) is 4. The van der Waals surface area contributed by atoms with Gasteiger partial charge in [-0.15, -0.1) is 0 Å². The summed E-state index contributed by atoms with van der Waals surface area (Å²) in [7, 11) is 1.87. The third-order valence-electron chi connectivity index (χ3n) is 2.76. The van der Waals surface area contributed by atoms with Gasteiger partial charge in [-0.2, -0.15) is 10.2 Å². The highest BCUT2D eigenvalue weighted by molar-refractivity contribution is 5.15. The fourth-order valence-electron chi connectivity index (χ4n) is 1.99. The first-order chi connectivity index (χ1) is 8.10. The van der Waals surface area contributed by atoms with Crippen LogP contribution in [0, 0.1) is 6.92 Å². The Morgan fingerprint density at radius 3 is 2.82 bits per heavy atom. The van der Waals surface area contributed by atoms with Crippen molar-refractivity contribution in [2.45, 2.75) is 32.9 Å². The van der Waals surface area contributed by atoms with E-state index in [-0.39, 0.29) is 0 Å². The normalized spacial score (nSPS) is 12.9. The van der Waals surface area contributed by atoms with Gasteiger partial charge >= 0.3 is 0 Å². The maximum Gasteiger partial charge on any atom is 0.0998 e. The fraction of sp³-hybridized carbons (Fsp3) is 0.500. The monoisotopic (exact) mass is 234 g/mol. The molecule has 0 aliphatic rings. The van der Waals surface area contributed by atoms with E-state index in [0.29, 0.717) is 6.42 Å². The first kappa shape index (κ1) is 11.9. The maximum atomic E-state index is 10.2. The van der Waals surface area contributed by atoms with Crippen LogP contribution in [0.4, 0.5) is 0 Å². The molecule has 0 aliphatic heterocycles. The van der Waals surface area contributed by atoms with Gasteiger partial charge in [-0.05, 0) is 25.5 Å². The summed E-state index contributed by atoms with van der Waals surface area (Å²) in [5.74, 6) is 0. The van der Waals surface area contributed by atoms with Crippen molar-refractivity contribution in [3.05, 3.63) is 35.4 Å². The van der Waals surface area contributed by atoms with E-state index in [9.17, 15) is 5.11 Å². The van der Waals surface area contributed by atoms with Gasteiger partial charge in [0.1, 0.15) is 0 Å². The molecule has 5 heteroatoms. The standard InChI is InChI=1S/C12H18N4O/c1-4-16-11(5-9(2)14-16)12(17)6-10-7-13-15(3)8-10/h5,7-8,12,17H,4,6H2,1-3H3. The zero-order chi connectivity index (χ0) is 12.4. The molecule has 92 valence electrons. The van der Waals surface area contributed by atoms with Gasteiger partial charge in [-0.25, -0.2) is 0 Å². The van der Waals surface area contributed by atoms with Gasteiger partial charge in [0.15, 0.2) is 0 Å². The molecule has 2 aromatic rings. The number of aromatic nitrogens is 4. The van der Waals surface area contributed by atoms with Crippen molar-refractivity contribution in [3.8, 4) is 0 Å². The predicted octanol–water partition coefficient (Wildman–Crippen LogP) is 1.22. The van der Waals surface area contributed by atoms with Crippen LogP contribution in [0.3, 0.4) is 0 Å². The molecule has 0 aromatic carbocycles. The molecule has 0 radical (unpaired) electrons. The van der Waals surface area contributed by atoms with Crippen LogP contribution in [0.15, 0.2) is 18.5 Å². The van der Waals surface area contributed by atoms with Gasteiger partial charge < -0.3 is 5.11 Å². The van der Waals surface area contributed by atoms with Gasteiger partial charge in [0, 0.05) is 26.2 Å². The van der Waals surface area contributed by atoms with Gasteiger partial charge in [0.2, 0.25) is 0 Å². The van der Waals surface area contributed by atoms with Crippen molar-refractivity contribution >= 4 is 0 Å². The Balaban J connectivity index is 2.16. The summed E-state index contributed by atoms with van der Waals surface area (Å²) in [6.07, 6.45) is 3.74. The van der Waals surface area contributed by atoms with Crippen molar-refractivity contribution in [1.29, 1.82) is 0 Å². The second-order valence-corrected chi connectivity index (χ2v) is 4.27. The molecule has 1 unspecified atom stereocenters. The lowest BCUT2D eigenvalue weighted by Crippen LogP contribution is -2.09. The van der Waals surface area contributed by atoms with Crippen LogP contribution in [0.5, 0.6) is 0 Å². The van der Waals surface area contributed by atoms with Crippen LogP contribution in [-0.2, 0) is 20.0 Å². The average molecular weight is 234 g/mol. The molecule has 0 saturated carbocycles. The largest absolute Gasteiger partial charge is 0.386 e. The Morgan fingerprint density at radius 2 is 2.24 bits per heavy atom. The minimum Gasteiger partial charge on any atom is -0.386 e. The molecule has 2 rings (SSSR count). The molecule has 17 heavy (non-hydrogen) atoms. The summed E-state index contributed by atoms with van der Waals surface area (Å²) < 4.78 is 3.58. The van der Waals surface area contributed by atoms with Crippen LogP contribution in [0.2, 0.25) is 0 Å². The molecule has 0 saturated heterocycles. The number of hydrogen-bond acceptors (Lipinski definition) is 3. The quantitative estimate of drug-likeness (QED) is 0.865. The second-order valence-electron chi connectivity index (χ2n) is 4.27. The summed E-state index contributed by atoms with van der Waals surface area (Å²) in [6, 6.07) is 1.94. The molecule has 2 aromatic heterocycles. The lowest BCUT2D eigenvalue weighted by atomic mass is 10.1. The molecule has 0 spiro atoms. The summed E-state index contributed by atoms with van der Waals surface area (Å²) in [6.45, 7) is 4.73. The summed E-state index contributed by atoms with van der Waals surface area (Å²) >= 11 is 0. The highest BCUT2D eigenvalue weighted by Gasteiger charge is 2.15. The average Bonchev–Trinajstić information content (AvgIpc) is 2.84. The van der Waals surface area contributed by atoms with Crippen molar-refractivity contribution in [2.24, 2.45) is 7.05 Å². The number of aliphatic hydroxyl groups excluding tert-OH is 1. The Bertz CT molecular complexity index is 500. The zero-order valence-corrected chi connectivity index (χ0v) is 10.5. The van der Waals surface area contributed by atoms with Crippen LogP contribution in [0.25, 0.3) is 0 Å². The van der Waals surface area contributed by atoms with E-state index in [0.717, 1.165) is 23.5 Å². The Kier molecular flexibility index (Phi) is 3.28. The van der Waals surface area contributed by atoms with Gasteiger partial charge in [0.25, 0.3) is 0 Å². The molecular formula is C12H18N4O. The summed E-state index contributed by atoms with van der Waals surface area (Å²) in [5.41, 5.74) is 2.84. The Hall–Kier alpha value is -1.62. The zero-order valence-electron chi connectivity index (χ0n) is 10.5. The van der Waals surface area contributed by atoms with Crippen LogP contribution in [-0.4, -0.2) is 24.7 Å². The van der Waals surface area contributed by atoms with E-state index in [1.54, 1.807) is 10.9 Å². The lowest BCUT2D eigenvalue weighted by molar-refractivity contribution is 0.167. The molecule has 1 N–H and O–H groups in total. The van der Waals surface area contributed by atoms with Crippen LogP contribution >= 0.6 is 0 Å². The van der Waals surface area contributed by atoms with Crippen molar-refractivity contribution in [3.63, 3.8) is 0 Å². The highest BCUT2D eigenvalue weighted by Crippen LogP contribution is 2.19. The van der Waals surface area contributed by atoms with Crippen molar-refractivity contribution in [1.82, 2.24) is 19.6 Å². The predicted molar refractivity (Wildman–Crippen MR) is 64.5 cm³/mol. The minimum absolute atomic E-state index is 0.527. The van der Waals surface area contributed by atoms with Gasteiger partial charge in [0.05, 0.1) is 23.7 Å². The topological polar surface area (TPSA) is 55.9 Å². The molecule has 2 heterocycles. The first-order valence-corrected chi connectivity index (χ1v) is 5.80. The third kappa shape index (κ3) is 2.55. The van der Waals surface area contributed by atoms with E-state index >= 15 is 0 Å². The molecular weight excluding hydrogens is 216 g/mol. The Labute approximate surface area is 101 Å². The van der Waals surface area contributed by atoms with E-state index in [2.05, 4.69) is 10.2 Å². The fourth-order valence-corrected chi connectivity index (χ4v) is 1.99.